The number of anilines is 2. The lowest BCUT2D eigenvalue weighted by atomic mass is 10.1. The van der Waals surface area contributed by atoms with E-state index in [1.54, 1.807) is 13.0 Å². The normalized spacial score (nSPS) is 12.2. The van der Waals surface area contributed by atoms with E-state index in [2.05, 4.69) is 5.32 Å². The fourth-order valence-corrected chi connectivity index (χ4v) is 4.39. The molecule has 7 nitrogen and oxygen atoms in total. The summed E-state index contributed by atoms with van der Waals surface area (Å²) in [6, 6.07) is 7.47. The molecule has 2 aromatic carbocycles. The second-order valence-electron chi connectivity index (χ2n) is 6.70. The van der Waals surface area contributed by atoms with Gasteiger partial charge < -0.3 is 14.8 Å². The van der Waals surface area contributed by atoms with Crippen LogP contribution >= 0.6 is 11.6 Å². The highest BCUT2D eigenvalue weighted by atomic mass is 35.5. The topological polar surface area (TPSA) is 84.9 Å². The Kier molecular flexibility index (Phi) is 7.02. The van der Waals surface area contributed by atoms with E-state index in [1.165, 1.54) is 33.3 Å². The largest absolute Gasteiger partial charge is 0.495 e. The van der Waals surface area contributed by atoms with Crippen molar-refractivity contribution in [1.29, 1.82) is 0 Å². The van der Waals surface area contributed by atoms with Crippen molar-refractivity contribution in [3.8, 4) is 11.5 Å². The van der Waals surface area contributed by atoms with Crippen LogP contribution in [0.5, 0.6) is 11.5 Å². The molecule has 0 heterocycles. The molecular weight excluding hydrogens is 416 g/mol. The Balaban J connectivity index is 2.44. The first kappa shape index (κ1) is 22.8. The predicted molar refractivity (Wildman–Crippen MR) is 116 cm³/mol. The van der Waals surface area contributed by atoms with E-state index in [9.17, 15) is 13.2 Å². The molecule has 0 fully saturated rings. The smallest absolute Gasteiger partial charge is 0.248 e. The Morgan fingerprint density at radius 3 is 2.28 bits per heavy atom. The van der Waals surface area contributed by atoms with Crippen molar-refractivity contribution in [2.24, 2.45) is 0 Å². The van der Waals surface area contributed by atoms with Crippen molar-refractivity contribution in [3.05, 3.63) is 46.5 Å². The molecule has 2 aromatic rings. The van der Waals surface area contributed by atoms with Crippen LogP contribution < -0.4 is 19.1 Å². The number of carbonyl (C=O) groups excluding carboxylic acids is 1. The Morgan fingerprint density at radius 2 is 1.72 bits per heavy atom. The zero-order valence-electron chi connectivity index (χ0n) is 17.2. The average molecular weight is 441 g/mol. The zero-order chi connectivity index (χ0) is 21.9. The summed E-state index contributed by atoms with van der Waals surface area (Å²) in [4.78, 5) is 13.0. The maximum Gasteiger partial charge on any atom is 0.248 e. The summed E-state index contributed by atoms with van der Waals surface area (Å²) in [6.07, 6.45) is 1.07. The number of aryl methyl sites for hydroxylation is 2. The number of hydrogen-bond acceptors (Lipinski definition) is 5. The fourth-order valence-electron chi connectivity index (χ4n) is 2.93. The van der Waals surface area contributed by atoms with Crippen LogP contribution in [0.4, 0.5) is 11.4 Å². The second kappa shape index (κ2) is 8.92. The van der Waals surface area contributed by atoms with Gasteiger partial charge in [0.05, 0.1) is 36.9 Å². The third-order valence-electron chi connectivity index (χ3n) is 4.42. The van der Waals surface area contributed by atoms with E-state index >= 15 is 0 Å². The van der Waals surface area contributed by atoms with Gasteiger partial charge in [-0.1, -0.05) is 23.7 Å². The molecule has 0 saturated heterocycles. The predicted octanol–water partition coefficient (Wildman–Crippen LogP) is 3.77. The average Bonchev–Trinajstić information content (AvgIpc) is 2.64. The van der Waals surface area contributed by atoms with Gasteiger partial charge in [-0.3, -0.25) is 9.10 Å². The number of nitrogens with zero attached hydrogens (tertiary/aromatic N) is 1. The van der Waals surface area contributed by atoms with Crippen molar-refractivity contribution < 1.29 is 22.7 Å². The van der Waals surface area contributed by atoms with Crippen molar-refractivity contribution in [3.63, 3.8) is 0 Å². The maximum atomic E-state index is 13.0. The molecule has 0 spiro atoms. The van der Waals surface area contributed by atoms with Gasteiger partial charge in [-0.15, -0.1) is 0 Å². The highest BCUT2D eigenvalue weighted by Crippen LogP contribution is 2.36. The first-order valence-electron chi connectivity index (χ1n) is 8.78. The first-order valence-corrected chi connectivity index (χ1v) is 11.0. The van der Waals surface area contributed by atoms with Gasteiger partial charge >= 0.3 is 0 Å². The van der Waals surface area contributed by atoms with Gasteiger partial charge in [0, 0.05) is 12.1 Å². The zero-order valence-corrected chi connectivity index (χ0v) is 18.8. The van der Waals surface area contributed by atoms with Gasteiger partial charge in [0.1, 0.15) is 17.5 Å². The van der Waals surface area contributed by atoms with Gasteiger partial charge in [0.15, 0.2) is 0 Å². The Bertz CT molecular complexity index is 1020. The fraction of sp³-hybridized carbons (Fsp3) is 0.350. The summed E-state index contributed by atoms with van der Waals surface area (Å²) in [6.45, 7) is 5.18. The highest BCUT2D eigenvalue weighted by Gasteiger charge is 2.31. The van der Waals surface area contributed by atoms with Crippen molar-refractivity contribution >= 4 is 38.9 Å². The van der Waals surface area contributed by atoms with E-state index in [4.69, 9.17) is 21.1 Å². The van der Waals surface area contributed by atoms with Crippen LogP contribution in [0.3, 0.4) is 0 Å². The van der Waals surface area contributed by atoms with Crippen LogP contribution in [0.25, 0.3) is 0 Å². The van der Waals surface area contributed by atoms with E-state index in [0.29, 0.717) is 27.9 Å². The van der Waals surface area contributed by atoms with E-state index in [0.717, 1.165) is 21.7 Å². The maximum absolute atomic E-state index is 13.0. The molecule has 0 aliphatic rings. The number of halogens is 1. The molecule has 0 unspecified atom stereocenters. The van der Waals surface area contributed by atoms with Crippen LogP contribution in [0.15, 0.2) is 30.3 Å². The standard InChI is InChI=1S/C20H25ClN2O5S/c1-12-7-8-13(2)17(9-12)23(29(6,25)26)14(3)20(24)22-16-11-18(27-4)15(21)10-19(16)28-5/h7-11,14H,1-6H3,(H,22,24)/t14-/m0/s1. The number of nitrogens with one attached hydrogen (secondary N) is 1. The van der Waals surface area contributed by atoms with Crippen molar-refractivity contribution in [2.45, 2.75) is 26.8 Å². The molecule has 0 saturated carbocycles. The number of rotatable bonds is 7. The Morgan fingerprint density at radius 1 is 1.10 bits per heavy atom. The molecule has 1 amide bonds. The number of sulfonamides is 1. The van der Waals surface area contributed by atoms with E-state index < -0.39 is 22.0 Å². The third-order valence-corrected chi connectivity index (χ3v) is 5.95. The number of ether oxygens (including phenoxy) is 2. The van der Waals surface area contributed by atoms with Crippen LogP contribution in [-0.2, 0) is 14.8 Å². The molecule has 0 radical (unpaired) electrons. The molecule has 0 aliphatic heterocycles. The minimum absolute atomic E-state index is 0.319. The molecule has 1 atom stereocenters. The summed E-state index contributed by atoms with van der Waals surface area (Å²) in [5.41, 5.74) is 2.40. The lowest BCUT2D eigenvalue weighted by Gasteiger charge is -2.30. The van der Waals surface area contributed by atoms with Crippen molar-refractivity contribution in [1.82, 2.24) is 0 Å². The summed E-state index contributed by atoms with van der Waals surface area (Å²) < 4.78 is 36.7. The lowest BCUT2D eigenvalue weighted by Crippen LogP contribution is -2.45. The molecule has 0 aromatic heterocycles. The monoisotopic (exact) mass is 440 g/mol. The first-order chi connectivity index (χ1) is 13.5. The molecule has 158 valence electrons. The quantitative estimate of drug-likeness (QED) is 0.708. The van der Waals surface area contributed by atoms with Gasteiger partial charge in [0.2, 0.25) is 15.9 Å². The number of methoxy groups -OCH3 is 2. The van der Waals surface area contributed by atoms with Gasteiger partial charge in [-0.2, -0.15) is 0 Å². The molecule has 9 heteroatoms. The van der Waals surface area contributed by atoms with Crippen LogP contribution in [0.2, 0.25) is 5.02 Å². The molecule has 2 rings (SSSR count). The third kappa shape index (κ3) is 5.13. The minimum atomic E-state index is -3.73. The summed E-state index contributed by atoms with van der Waals surface area (Å²) in [5, 5.41) is 3.03. The lowest BCUT2D eigenvalue weighted by molar-refractivity contribution is -0.116. The van der Waals surface area contributed by atoms with E-state index in [-0.39, 0.29) is 0 Å². The van der Waals surface area contributed by atoms with E-state index in [1.807, 2.05) is 19.1 Å². The summed E-state index contributed by atoms with van der Waals surface area (Å²) in [7, 11) is -0.841. The molecule has 1 N–H and O–H groups in total. The Labute approximate surface area is 176 Å². The van der Waals surface area contributed by atoms with Gasteiger partial charge in [-0.25, -0.2) is 8.42 Å². The van der Waals surface area contributed by atoms with Crippen LogP contribution in [0.1, 0.15) is 18.1 Å². The van der Waals surface area contributed by atoms with Crippen LogP contribution in [0, 0.1) is 13.8 Å². The minimum Gasteiger partial charge on any atom is -0.495 e. The number of amides is 1. The van der Waals surface area contributed by atoms with Gasteiger partial charge in [-0.05, 0) is 38.0 Å². The summed E-state index contributed by atoms with van der Waals surface area (Å²) >= 11 is 6.10. The highest BCUT2D eigenvalue weighted by molar-refractivity contribution is 7.92. The number of carbonyl (C=O) groups is 1. The van der Waals surface area contributed by atoms with Crippen molar-refractivity contribution in [2.75, 3.05) is 30.1 Å². The SMILES string of the molecule is COc1cc(NC(=O)[C@H](C)N(c2cc(C)ccc2C)S(C)(=O)=O)c(OC)cc1Cl. The second-order valence-corrected chi connectivity index (χ2v) is 8.97. The van der Waals surface area contributed by atoms with Crippen LogP contribution in [-0.4, -0.2) is 40.8 Å². The Hall–Kier alpha value is -2.45. The summed E-state index contributed by atoms with van der Waals surface area (Å²) in [5.74, 6) is 0.151. The number of hydrogen-bond donors (Lipinski definition) is 1. The van der Waals surface area contributed by atoms with Gasteiger partial charge in [0.25, 0.3) is 0 Å². The molecule has 0 bridgehead atoms. The molecule has 29 heavy (non-hydrogen) atoms. The number of benzene rings is 2. The molecule has 0 aliphatic carbocycles. The molecular formula is C20H25ClN2O5S.